The maximum atomic E-state index is 5.64. The van der Waals surface area contributed by atoms with Gasteiger partial charge in [-0.25, -0.2) is 4.98 Å². The van der Waals surface area contributed by atoms with E-state index in [0.29, 0.717) is 11.9 Å². The zero-order chi connectivity index (χ0) is 9.84. The maximum Gasteiger partial charge on any atom is 0.200 e. The minimum Gasteiger partial charge on any atom is -0.379 e. The Bertz CT molecular complexity index is 257. The molecule has 1 aromatic rings. The van der Waals surface area contributed by atoms with Crippen molar-refractivity contribution >= 4 is 5.95 Å². The highest BCUT2D eigenvalue weighted by Crippen LogP contribution is 2.10. The zero-order valence-electron chi connectivity index (χ0n) is 8.40. The Hall–Kier alpha value is -1.03. The van der Waals surface area contributed by atoms with Crippen LogP contribution < -0.4 is 5.73 Å². The zero-order valence-corrected chi connectivity index (χ0v) is 8.40. The highest BCUT2D eigenvalue weighted by atomic mass is 16.5. The van der Waals surface area contributed by atoms with Gasteiger partial charge in [-0.2, -0.15) is 0 Å². The minimum atomic E-state index is 0.191. The molecule has 4 nitrogen and oxygen atoms in total. The summed E-state index contributed by atoms with van der Waals surface area (Å²) in [5.74, 6) is 1.02. The Balaban J connectivity index is 2.62. The summed E-state index contributed by atoms with van der Waals surface area (Å²) >= 11 is 0. The molecule has 4 heteroatoms. The molecule has 74 valence electrons. The molecule has 0 bridgehead atoms. The first-order chi connectivity index (χ1) is 6.15. The van der Waals surface area contributed by atoms with Crippen molar-refractivity contribution in [2.24, 2.45) is 5.92 Å². The van der Waals surface area contributed by atoms with E-state index in [9.17, 15) is 0 Å². The van der Waals surface area contributed by atoms with Gasteiger partial charge >= 0.3 is 0 Å². The molecule has 13 heavy (non-hydrogen) atoms. The van der Waals surface area contributed by atoms with Crippen LogP contribution in [0, 0.1) is 5.92 Å². The molecule has 0 saturated heterocycles. The van der Waals surface area contributed by atoms with Crippen LogP contribution in [0.3, 0.4) is 0 Å². The Morgan fingerprint density at radius 3 is 2.69 bits per heavy atom. The monoisotopic (exact) mass is 183 g/mol. The summed E-state index contributed by atoms with van der Waals surface area (Å²) in [5.41, 5.74) is 5.64. The summed E-state index contributed by atoms with van der Waals surface area (Å²) in [7, 11) is 1.72. The van der Waals surface area contributed by atoms with Crippen LogP contribution in [0.5, 0.6) is 0 Å². The lowest BCUT2D eigenvalue weighted by Crippen LogP contribution is -2.24. The second-order valence-electron chi connectivity index (χ2n) is 3.46. The van der Waals surface area contributed by atoms with Gasteiger partial charge in [0.05, 0.1) is 12.6 Å². The Labute approximate surface area is 78.7 Å². The third kappa shape index (κ3) is 2.45. The number of methoxy groups -OCH3 is 1. The Kier molecular flexibility index (Phi) is 3.31. The normalized spacial score (nSPS) is 13.5. The standard InChI is InChI=1S/C9H17N3O/c1-7(2)8(13-3)6-12-5-4-11-9(12)10/h4-5,7-8H,6H2,1-3H3,(H2,10,11). The van der Waals surface area contributed by atoms with Crippen LogP contribution in [0.15, 0.2) is 12.4 Å². The van der Waals surface area contributed by atoms with Crippen LogP contribution in [0.4, 0.5) is 5.95 Å². The molecule has 2 N–H and O–H groups in total. The van der Waals surface area contributed by atoms with Crippen LogP contribution in [0.2, 0.25) is 0 Å². The molecule has 0 aromatic carbocycles. The third-order valence-corrected chi connectivity index (χ3v) is 2.17. The van der Waals surface area contributed by atoms with E-state index in [1.807, 2.05) is 10.8 Å². The smallest absolute Gasteiger partial charge is 0.200 e. The molecule has 0 amide bonds. The number of aromatic nitrogens is 2. The molecule has 1 rings (SSSR count). The van der Waals surface area contributed by atoms with Gasteiger partial charge in [-0.1, -0.05) is 13.8 Å². The van der Waals surface area contributed by atoms with E-state index in [2.05, 4.69) is 18.8 Å². The molecule has 1 atom stereocenters. The number of hydrogen-bond acceptors (Lipinski definition) is 3. The van der Waals surface area contributed by atoms with Crippen molar-refractivity contribution in [3.05, 3.63) is 12.4 Å². The number of rotatable bonds is 4. The van der Waals surface area contributed by atoms with E-state index in [0.717, 1.165) is 6.54 Å². The first-order valence-corrected chi connectivity index (χ1v) is 4.44. The fourth-order valence-corrected chi connectivity index (χ4v) is 1.25. The van der Waals surface area contributed by atoms with Crippen molar-refractivity contribution in [2.75, 3.05) is 12.8 Å². The summed E-state index contributed by atoms with van der Waals surface area (Å²) in [5, 5.41) is 0. The molecule has 0 aliphatic rings. The predicted octanol–water partition coefficient (Wildman–Crippen LogP) is 1.14. The van der Waals surface area contributed by atoms with E-state index in [1.165, 1.54) is 0 Å². The van der Waals surface area contributed by atoms with Crippen LogP contribution >= 0.6 is 0 Å². The highest BCUT2D eigenvalue weighted by molar-refractivity contribution is 5.16. The second-order valence-corrected chi connectivity index (χ2v) is 3.46. The predicted molar refractivity (Wildman–Crippen MR) is 52.3 cm³/mol. The van der Waals surface area contributed by atoms with Gasteiger partial charge in [-0.05, 0) is 5.92 Å². The van der Waals surface area contributed by atoms with Crippen molar-refractivity contribution in [3.63, 3.8) is 0 Å². The molecular formula is C9H17N3O. The lowest BCUT2D eigenvalue weighted by Gasteiger charge is -2.19. The number of ether oxygens (including phenoxy) is 1. The molecule has 0 aliphatic carbocycles. The van der Waals surface area contributed by atoms with E-state index in [-0.39, 0.29) is 6.10 Å². The van der Waals surface area contributed by atoms with Gasteiger partial charge in [-0.15, -0.1) is 0 Å². The molecule has 0 radical (unpaired) electrons. The van der Waals surface area contributed by atoms with Gasteiger partial charge < -0.3 is 15.0 Å². The van der Waals surface area contributed by atoms with Gasteiger partial charge in [0.25, 0.3) is 0 Å². The molecule has 1 aromatic heterocycles. The largest absolute Gasteiger partial charge is 0.379 e. The Morgan fingerprint density at radius 2 is 2.31 bits per heavy atom. The summed E-state index contributed by atoms with van der Waals surface area (Å²) in [6.45, 7) is 5.02. The molecule has 0 aliphatic heterocycles. The summed E-state index contributed by atoms with van der Waals surface area (Å²) in [4.78, 5) is 3.95. The quantitative estimate of drug-likeness (QED) is 0.761. The summed E-state index contributed by atoms with van der Waals surface area (Å²) in [6, 6.07) is 0. The van der Waals surface area contributed by atoms with Crippen molar-refractivity contribution in [3.8, 4) is 0 Å². The maximum absolute atomic E-state index is 5.64. The molecule has 1 heterocycles. The molecule has 0 spiro atoms. The number of hydrogen-bond donors (Lipinski definition) is 1. The average Bonchev–Trinajstić information content (AvgIpc) is 2.46. The number of nitrogens with zero attached hydrogens (tertiary/aromatic N) is 2. The third-order valence-electron chi connectivity index (χ3n) is 2.17. The van der Waals surface area contributed by atoms with Crippen LogP contribution in [0.1, 0.15) is 13.8 Å². The minimum absolute atomic E-state index is 0.191. The number of anilines is 1. The second kappa shape index (κ2) is 4.28. The molecule has 1 unspecified atom stereocenters. The number of nitrogens with two attached hydrogens (primary N) is 1. The van der Waals surface area contributed by atoms with Crippen LogP contribution in [0.25, 0.3) is 0 Å². The summed E-state index contributed by atoms with van der Waals surface area (Å²) in [6.07, 6.45) is 3.75. The van der Waals surface area contributed by atoms with E-state index < -0.39 is 0 Å². The average molecular weight is 183 g/mol. The van der Waals surface area contributed by atoms with Gasteiger partial charge in [0.2, 0.25) is 0 Å². The number of imidazole rings is 1. The van der Waals surface area contributed by atoms with Crippen LogP contribution in [-0.4, -0.2) is 22.8 Å². The fourth-order valence-electron chi connectivity index (χ4n) is 1.25. The van der Waals surface area contributed by atoms with Gasteiger partial charge in [0, 0.05) is 19.5 Å². The van der Waals surface area contributed by atoms with Gasteiger partial charge in [0.1, 0.15) is 0 Å². The van der Waals surface area contributed by atoms with E-state index in [1.54, 1.807) is 13.3 Å². The van der Waals surface area contributed by atoms with E-state index >= 15 is 0 Å². The molecule has 0 fully saturated rings. The van der Waals surface area contributed by atoms with Crippen molar-refractivity contribution in [2.45, 2.75) is 26.5 Å². The topological polar surface area (TPSA) is 53.1 Å². The lowest BCUT2D eigenvalue weighted by molar-refractivity contribution is 0.0516. The lowest BCUT2D eigenvalue weighted by atomic mass is 10.1. The van der Waals surface area contributed by atoms with Gasteiger partial charge in [-0.3, -0.25) is 0 Å². The molecule has 0 saturated carbocycles. The Morgan fingerprint density at radius 1 is 1.62 bits per heavy atom. The summed E-state index contributed by atoms with van der Waals surface area (Å²) < 4.78 is 7.23. The first kappa shape index (κ1) is 10.1. The fraction of sp³-hybridized carbons (Fsp3) is 0.667. The SMILES string of the molecule is COC(Cn1ccnc1N)C(C)C. The van der Waals surface area contributed by atoms with Crippen molar-refractivity contribution in [1.82, 2.24) is 9.55 Å². The number of nitrogen functional groups attached to an aromatic ring is 1. The highest BCUT2D eigenvalue weighted by Gasteiger charge is 2.13. The first-order valence-electron chi connectivity index (χ1n) is 4.44. The van der Waals surface area contributed by atoms with E-state index in [4.69, 9.17) is 10.5 Å². The molecular weight excluding hydrogens is 166 g/mol. The van der Waals surface area contributed by atoms with Crippen LogP contribution in [-0.2, 0) is 11.3 Å². The van der Waals surface area contributed by atoms with Crippen molar-refractivity contribution in [1.29, 1.82) is 0 Å². The van der Waals surface area contributed by atoms with Gasteiger partial charge in [0.15, 0.2) is 5.95 Å². The van der Waals surface area contributed by atoms with Crippen molar-refractivity contribution < 1.29 is 4.74 Å².